The van der Waals surface area contributed by atoms with E-state index in [-0.39, 0.29) is 41.6 Å². The van der Waals surface area contributed by atoms with Crippen molar-refractivity contribution < 1.29 is 13.6 Å². The van der Waals surface area contributed by atoms with Gasteiger partial charge in [-0.3, -0.25) is 4.79 Å². The first-order valence-corrected chi connectivity index (χ1v) is 8.11. The van der Waals surface area contributed by atoms with Gasteiger partial charge in [0.15, 0.2) is 0 Å². The van der Waals surface area contributed by atoms with Gasteiger partial charge >= 0.3 is 0 Å². The first kappa shape index (κ1) is 19.3. The predicted molar refractivity (Wildman–Crippen MR) is 97.0 cm³/mol. The van der Waals surface area contributed by atoms with Gasteiger partial charge < -0.3 is 10.6 Å². The molecule has 6 heteroatoms. The second-order valence-electron chi connectivity index (χ2n) is 6.22. The molecule has 3 rings (SSSR count). The van der Waals surface area contributed by atoms with E-state index in [1.54, 1.807) is 25.1 Å². The Morgan fingerprint density at radius 2 is 2.08 bits per heavy atom. The van der Waals surface area contributed by atoms with Crippen LogP contribution in [0.4, 0.5) is 14.5 Å². The molecule has 0 aromatic heterocycles. The number of fused-ring (bicyclic) bond motifs is 1. The number of amides is 1. The van der Waals surface area contributed by atoms with Crippen molar-refractivity contribution >= 4 is 24.0 Å². The summed E-state index contributed by atoms with van der Waals surface area (Å²) < 4.78 is 27.8. The van der Waals surface area contributed by atoms with Crippen LogP contribution in [0.15, 0.2) is 36.4 Å². The van der Waals surface area contributed by atoms with E-state index in [4.69, 9.17) is 0 Å². The lowest BCUT2D eigenvalue weighted by atomic mass is 9.98. The molecule has 1 amide bonds. The summed E-state index contributed by atoms with van der Waals surface area (Å²) in [6.07, 6.45) is 1.02. The number of benzene rings is 2. The molecule has 1 unspecified atom stereocenters. The van der Waals surface area contributed by atoms with E-state index < -0.39 is 0 Å². The van der Waals surface area contributed by atoms with Crippen LogP contribution in [0, 0.1) is 17.6 Å². The van der Waals surface area contributed by atoms with E-state index in [1.165, 1.54) is 12.1 Å². The van der Waals surface area contributed by atoms with Gasteiger partial charge in [0.2, 0.25) is 5.91 Å². The Labute approximate surface area is 152 Å². The number of nitrogens with one attached hydrogen (secondary N) is 2. The minimum absolute atomic E-state index is 0. The highest BCUT2D eigenvalue weighted by molar-refractivity contribution is 5.92. The predicted octanol–water partition coefficient (Wildman–Crippen LogP) is 3.85. The van der Waals surface area contributed by atoms with Crippen LogP contribution in [0.3, 0.4) is 0 Å². The van der Waals surface area contributed by atoms with E-state index in [0.717, 1.165) is 17.7 Å². The summed E-state index contributed by atoms with van der Waals surface area (Å²) in [6.45, 7) is 3.13. The zero-order chi connectivity index (χ0) is 17.1. The van der Waals surface area contributed by atoms with Crippen LogP contribution in [0.1, 0.15) is 23.6 Å². The maximum absolute atomic E-state index is 14.6. The largest absolute Gasteiger partial charge is 0.323 e. The molecule has 1 atom stereocenters. The smallest absolute Gasteiger partial charge is 0.227 e. The Morgan fingerprint density at radius 1 is 1.28 bits per heavy atom. The van der Waals surface area contributed by atoms with Crippen LogP contribution in [-0.2, 0) is 24.2 Å². The Kier molecular flexibility index (Phi) is 6.51. The van der Waals surface area contributed by atoms with Crippen molar-refractivity contribution in [1.29, 1.82) is 0 Å². The monoisotopic (exact) mass is 366 g/mol. The van der Waals surface area contributed by atoms with Gasteiger partial charge in [-0.25, -0.2) is 8.78 Å². The normalized spacial score (nSPS) is 14.2. The van der Waals surface area contributed by atoms with Crippen molar-refractivity contribution in [3.63, 3.8) is 0 Å². The van der Waals surface area contributed by atoms with Crippen molar-refractivity contribution in [3.05, 3.63) is 64.7 Å². The van der Waals surface area contributed by atoms with Gasteiger partial charge in [0.25, 0.3) is 0 Å². The molecule has 0 aliphatic carbocycles. The van der Waals surface area contributed by atoms with E-state index in [9.17, 15) is 13.6 Å². The van der Waals surface area contributed by atoms with Crippen molar-refractivity contribution in [1.82, 2.24) is 5.32 Å². The quantitative estimate of drug-likeness (QED) is 0.863. The van der Waals surface area contributed by atoms with Crippen molar-refractivity contribution in [2.45, 2.75) is 26.3 Å². The summed E-state index contributed by atoms with van der Waals surface area (Å²) >= 11 is 0. The third kappa shape index (κ3) is 4.55. The number of carbonyl (C=O) groups is 1. The maximum atomic E-state index is 14.6. The molecular formula is C19H21ClF2N2O. The van der Waals surface area contributed by atoms with Gasteiger partial charge in [-0.2, -0.15) is 0 Å². The molecule has 0 spiro atoms. The Balaban J connectivity index is 0.00000225. The van der Waals surface area contributed by atoms with Gasteiger partial charge in [0, 0.05) is 12.5 Å². The summed E-state index contributed by atoms with van der Waals surface area (Å²) in [5.41, 5.74) is 2.57. The number of anilines is 1. The van der Waals surface area contributed by atoms with Crippen LogP contribution < -0.4 is 10.6 Å². The van der Waals surface area contributed by atoms with Gasteiger partial charge in [0.1, 0.15) is 11.6 Å². The first-order chi connectivity index (χ1) is 11.5. The molecule has 25 heavy (non-hydrogen) atoms. The Hall–Kier alpha value is -1.98. The van der Waals surface area contributed by atoms with Crippen molar-refractivity contribution in [3.8, 4) is 0 Å². The third-order valence-electron chi connectivity index (χ3n) is 4.34. The molecule has 0 fully saturated rings. The lowest BCUT2D eigenvalue weighted by molar-refractivity contribution is -0.119. The fourth-order valence-electron chi connectivity index (χ4n) is 3.00. The number of carbonyl (C=O) groups excluding carboxylic acids is 1. The number of rotatable bonds is 4. The van der Waals surface area contributed by atoms with E-state index in [2.05, 4.69) is 10.6 Å². The topological polar surface area (TPSA) is 41.1 Å². The molecule has 134 valence electrons. The fraction of sp³-hybridized carbons (Fsp3) is 0.316. The van der Waals surface area contributed by atoms with E-state index >= 15 is 0 Å². The Morgan fingerprint density at radius 3 is 2.84 bits per heavy atom. The summed E-state index contributed by atoms with van der Waals surface area (Å²) in [5.74, 6) is -1.33. The minimum Gasteiger partial charge on any atom is -0.323 e. The highest BCUT2D eigenvalue weighted by Crippen LogP contribution is 2.25. The third-order valence-corrected chi connectivity index (χ3v) is 4.34. The fourth-order valence-corrected chi connectivity index (χ4v) is 3.00. The van der Waals surface area contributed by atoms with E-state index in [0.29, 0.717) is 24.9 Å². The second kappa shape index (κ2) is 8.41. The van der Waals surface area contributed by atoms with Crippen LogP contribution in [0.25, 0.3) is 0 Å². The average Bonchev–Trinajstić information content (AvgIpc) is 2.57. The minimum atomic E-state index is -0.385. The maximum Gasteiger partial charge on any atom is 0.227 e. The highest BCUT2D eigenvalue weighted by atomic mass is 35.5. The molecule has 0 saturated heterocycles. The molecule has 2 aromatic rings. The van der Waals surface area contributed by atoms with Gasteiger partial charge in [-0.05, 0) is 54.3 Å². The average molecular weight is 367 g/mol. The molecule has 2 aromatic carbocycles. The summed E-state index contributed by atoms with van der Waals surface area (Å²) in [4.78, 5) is 12.3. The van der Waals surface area contributed by atoms with Crippen molar-refractivity contribution in [2.24, 2.45) is 5.92 Å². The second-order valence-corrected chi connectivity index (χ2v) is 6.22. The number of hydrogen-bond acceptors (Lipinski definition) is 2. The van der Waals surface area contributed by atoms with E-state index in [1.807, 2.05) is 6.07 Å². The van der Waals surface area contributed by atoms with Crippen LogP contribution in [0.5, 0.6) is 0 Å². The zero-order valence-corrected chi connectivity index (χ0v) is 14.8. The number of halogens is 3. The lowest BCUT2D eigenvalue weighted by Crippen LogP contribution is -2.26. The molecule has 1 heterocycles. The van der Waals surface area contributed by atoms with Gasteiger partial charge in [0.05, 0.1) is 5.69 Å². The molecule has 2 N–H and O–H groups in total. The van der Waals surface area contributed by atoms with Crippen LogP contribution >= 0.6 is 12.4 Å². The van der Waals surface area contributed by atoms with Gasteiger partial charge in [-0.15, -0.1) is 12.4 Å². The standard InChI is InChI=1S/C19H20F2N2O.ClH/c1-12(9-13-3-2-4-15(20)10-13)19(24)23-17-6-5-14-11-22-8-7-16(14)18(17)21;/h2-6,10,12,22H,7-9,11H2,1H3,(H,23,24);1H. The molecule has 1 aliphatic rings. The summed E-state index contributed by atoms with van der Waals surface area (Å²) in [7, 11) is 0. The molecular weight excluding hydrogens is 346 g/mol. The molecule has 3 nitrogen and oxygen atoms in total. The van der Waals surface area contributed by atoms with Crippen LogP contribution in [0.2, 0.25) is 0 Å². The zero-order valence-electron chi connectivity index (χ0n) is 13.9. The molecule has 0 radical (unpaired) electrons. The van der Waals surface area contributed by atoms with Gasteiger partial charge in [-0.1, -0.05) is 25.1 Å². The SMILES string of the molecule is CC(Cc1cccc(F)c1)C(=O)Nc1ccc2c(c1F)CCNC2.Cl. The Bertz CT molecular complexity index is 767. The molecule has 0 bridgehead atoms. The highest BCUT2D eigenvalue weighted by Gasteiger charge is 2.20. The first-order valence-electron chi connectivity index (χ1n) is 8.11. The summed E-state index contributed by atoms with van der Waals surface area (Å²) in [5, 5.41) is 5.86. The number of hydrogen-bond donors (Lipinski definition) is 2. The molecule has 0 saturated carbocycles. The van der Waals surface area contributed by atoms with Crippen LogP contribution in [-0.4, -0.2) is 12.5 Å². The van der Waals surface area contributed by atoms with Crippen molar-refractivity contribution in [2.75, 3.05) is 11.9 Å². The lowest BCUT2D eigenvalue weighted by Gasteiger charge is -2.20. The molecule has 1 aliphatic heterocycles. The summed E-state index contributed by atoms with van der Waals surface area (Å²) in [6, 6.07) is 9.62.